The zero-order valence-corrected chi connectivity index (χ0v) is 7.73. The van der Waals surface area contributed by atoms with Crippen molar-refractivity contribution < 1.29 is 4.79 Å². The van der Waals surface area contributed by atoms with Gasteiger partial charge < -0.3 is 10.6 Å². The molecule has 70 valence electrons. The fourth-order valence-electron chi connectivity index (χ4n) is 1.37. The van der Waals surface area contributed by atoms with Crippen LogP contribution in [0.25, 0.3) is 0 Å². The van der Waals surface area contributed by atoms with Crippen LogP contribution in [0.3, 0.4) is 0 Å². The van der Waals surface area contributed by atoms with Crippen LogP contribution in [0.5, 0.6) is 0 Å². The molecule has 1 heterocycles. The summed E-state index contributed by atoms with van der Waals surface area (Å²) in [5.74, 6) is 0.896. The van der Waals surface area contributed by atoms with Gasteiger partial charge >= 0.3 is 0 Å². The summed E-state index contributed by atoms with van der Waals surface area (Å²) in [5, 5.41) is 6.16. The van der Waals surface area contributed by atoms with Crippen molar-refractivity contribution in [2.75, 3.05) is 19.6 Å². The van der Waals surface area contributed by atoms with Crippen molar-refractivity contribution in [1.82, 2.24) is 10.6 Å². The first-order valence-corrected chi connectivity index (χ1v) is 4.76. The second-order valence-corrected chi connectivity index (χ2v) is 3.53. The number of rotatable bonds is 0. The lowest BCUT2D eigenvalue weighted by Crippen LogP contribution is -2.31. The van der Waals surface area contributed by atoms with Crippen molar-refractivity contribution >= 4 is 5.91 Å². The molecule has 0 bridgehead atoms. The number of hydrogen-bond donors (Lipinski definition) is 2. The maximum atomic E-state index is 11.1. The van der Waals surface area contributed by atoms with Gasteiger partial charge in [-0.3, -0.25) is 4.79 Å². The molecule has 0 unspecified atom stereocenters. The van der Waals surface area contributed by atoms with Crippen molar-refractivity contribution in [3.63, 3.8) is 0 Å². The second-order valence-electron chi connectivity index (χ2n) is 3.53. The lowest BCUT2D eigenvalue weighted by molar-refractivity contribution is -0.121. The highest BCUT2D eigenvalue weighted by Gasteiger charge is 2.06. The molecule has 0 aromatic rings. The molecule has 0 radical (unpaired) electrons. The van der Waals surface area contributed by atoms with E-state index in [9.17, 15) is 4.79 Å². The molecule has 1 rings (SSSR count). The monoisotopic (exact) mass is 170 g/mol. The van der Waals surface area contributed by atoms with E-state index in [0.717, 1.165) is 32.0 Å². The van der Waals surface area contributed by atoms with Gasteiger partial charge in [-0.1, -0.05) is 6.92 Å². The third-order valence-corrected chi connectivity index (χ3v) is 2.30. The van der Waals surface area contributed by atoms with Gasteiger partial charge in [-0.2, -0.15) is 0 Å². The summed E-state index contributed by atoms with van der Waals surface area (Å²) in [6.07, 6.45) is 2.94. The molecule has 1 aliphatic rings. The lowest BCUT2D eigenvalue weighted by atomic mass is 10.0. The van der Waals surface area contributed by atoms with Crippen molar-refractivity contribution in [3.05, 3.63) is 0 Å². The zero-order chi connectivity index (χ0) is 8.81. The Morgan fingerprint density at radius 2 is 2.00 bits per heavy atom. The molecule has 1 amide bonds. The molecule has 3 nitrogen and oxygen atoms in total. The normalized spacial score (nSPS) is 27.8. The van der Waals surface area contributed by atoms with Gasteiger partial charge in [0.25, 0.3) is 0 Å². The molecule has 0 aromatic carbocycles. The van der Waals surface area contributed by atoms with E-state index in [0.29, 0.717) is 6.42 Å². The van der Waals surface area contributed by atoms with E-state index < -0.39 is 0 Å². The van der Waals surface area contributed by atoms with Crippen molar-refractivity contribution in [2.45, 2.75) is 26.2 Å². The van der Waals surface area contributed by atoms with Gasteiger partial charge in [0.05, 0.1) is 0 Å². The van der Waals surface area contributed by atoms with Gasteiger partial charge in [0.1, 0.15) is 0 Å². The zero-order valence-electron chi connectivity index (χ0n) is 7.73. The quantitative estimate of drug-likeness (QED) is 0.556. The molecule has 1 atom stereocenters. The molecular formula is C9H18N2O. The van der Waals surface area contributed by atoms with E-state index in [1.807, 2.05) is 0 Å². The van der Waals surface area contributed by atoms with Crippen molar-refractivity contribution in [1.29, 1.82) is 0 Å². The molecule has 1 aliphatic heterocycles. The third-order valence-electron chi connectivity index (χ3n) is 2.30. The second kappa shape index (κ2) is 5.14. The smallest absolute Gasteiger partial charge is 0.221 e. The summed E-state index contributed by atoms with van der Waals surface area (Å²) in [4.78, 5) is 11.1. The topological polar surface area (TPSA) is 41.1 Å². The summed E-state index contributed by atoms with van der Waals surface area (Å²) in [6.45, 7) is 4.95. The van der Waals surface area contributed by atoms with Crippen LogP contribution >= 0.6 is 0 Å². The van der Waals surface area contributed by atoms with Crippen LogP contribution < -0.4 is 10.6 Å². The lowest BCUT2D eigenvalue weighted by Gasteiger charge is -2.15. The Morgan fingerprint density at radius 3 is 2.83 bits per heavy atom. The Balaban J connectivity index is 2.26. The highest BCUT2D eigenvalue weighted by molar-refractivity contribution is 5.75. The van der Waals surface area contributed by atoms with E-state index in [-0.39, 0.29) is 5.91 Å². The van der Waals surface area contributed by atoms with Crippen LogP contribution in [0.4, 0.5) is 0 Å². The average molecular weight is 170 g/mol. The Bertz CT molecular complexity index is 147. The van der Waals surface area contributed by atoms with Gasteiger partial charge in [0.2, 0.25) is 5.91 Å². The fourth-order valence-corrected chi connectivity index (χ4v) is 1.37. The molecule has 0 spiro atoms. The minimum atomic E-state index is 0.177. The van der Waals surface area contributed by atoms with E-state index >= 15 is 0 Å². The summed E-state index contributed by atoms with van der Waals surface area (Å²) in [6, 6.07) is 0. The SMILES string of the molecule is C[C@@H]1CCNCCC(=O)NCC1. The van der Waals surface area contributed by atoms with E-state index in [1.54, 1.807) is 0 Å². The van der Waals surface area contributed by atoms with Crippen LogP contribution in [0.2, 0.25) is 0 Å². The number of amides is 1. The summed E-state index contributed by atoms with van der Waals surface area (Å²) >= 11 is 0. The summed E-state index contributed by atoms with van der Waals surface area (Å²) in [5.41, 5.74) is 0. The first-order chi connectivity index (χ1) is 5.79. The Kier molecular flexibility index (Phi) is 4.08. The molecule has 3 heteroatoms. The van der Waals surface area contributed by atoms with Crippen LogP contribution in [0.1, 0.15) is 26.2 Å². The van der Waals surface area contributed by atoms with Crippen LogP contribution in [0.15, 0.2) is 0 Å². The molecule has 2 N–H and O–H groups in total. The van der Waals surface area contributed by atoms with E-state index in [4.69, 9.17) is 0 Å². The molecule has 0 aromatic heterocycles. The summed E-state index contributed by atoms with van der Waals surface area (Å²) < 4.78 is 0. The number of nitrogens with one attached hydrogen (secondary N) is 2. The average Bonchev–Trinajstić information content (AvgIpc) is 2.04. The number of carbonyl (C=O) groups is 1. The molecular weight excluding hydrogens is 152 g/mol. The predicted molar refractivity (Wildman–Crippen MR) is 48.9 cm³/mol. The van der Waals surface area contributed by atoms with E-state index in [1.165, 1.54) is 6.42 Å². The first-order valence-electron chi connectivity index (χ1n) is 4.76. The molecule has 12 heavy (non-hydrogen) atoms. The molecule has 1 saturated heterocycles. The van der Waals surface area contributed by atoms with Gasteiger partial charge in [-0.05, 0) is 25.3 Å². The number of carbonyl (C=O) groups excluding carboxylic acids is 1. The third kappa shape index (κ3) is 3.72. The maximum absolute atomic E-state index is 11.1. The minimum Gasteiger partial charge on any atom is -0.356 e. The molecule has 0 saturated carbocycles. The molecule has 0 aliphatic carbocycles. The highest BCUT2D eigenvalue weighted by Crippen LogP contribution is 2.05. The van der Waals surface area contributed by atoms with Crippen molar-refractivity contribution in [3.8, 4) is 0 Å². The highest BCUT2D eigenvalue weighted by atomic mass is 16.1. The summed E-state index contributed by atoms with van der Waals surface area (Å²) in [7, 11) is 0. The minimum absolute atomic E-state index is 0.177. The van der Waals surface area contributed by atoms with Crippen LogP contribution in [0, 0.1) is 5.92 Å². The molecule has 1 fully saturated rings. The predicted octanol–water partition coefficient (Wildman–Crippen LogP) is 0.512. The van der Waals surface area contributed by atoms with E-state index in [2.05, 4.69) is 17.6 Å². The Labute approximate surface area is 73.9 Å². The first kappa shape index (κ1) is 9.52. The fraction of sp³-hybridized carbons (Fsp3) is 0.889. The van der Waals surface area contributed by atoms with Gasteiger partial charge in [-0.25, -0.2) is 0 Å². The largest absolute Gasteiger partial charge is 0.356 e. The van der Waals surface area contributed by atoms with Crippen LogP contribution in [-0.2, 0) is 4.79 Å². The number of hydrogen-bond acceptors (Lipinski definition) is 2. The van der Waals surface area contributed by atoms with Gasteiger partial charge in [0.15, 0.2) is 0 Å². The van der Waals surface area contributed by atoms with Crippen molar-refractivity contribution in [2.24, 2.45) is 5.92 Å². The van der Waals surface area contributed by atoms with Gasteiger partial charge in [-0.15, -0.1) is 0 Å². The maximum Gasteiger partial charge on any atom is 0.221 e. The van der Waals surface area contributed by atoms with Gasteiger partial charge in [0, 0.05) is 19.5 Å². The Morgan fingerprint density at radius 1 is 1.25 bits per heavy atom. The standard InChI is InChI=1S/C9H18N2O/c1-8-2-5-10-6-4-9(12)11-7-3-8/h8,10H,2-7H2,1H3,(H,11,12)/t8-/m1/s1. The van der Waals surface area contributed by atoms with Crippen LogP contribution in [-0.4, -0.2) is 25.5 Å². The Hall–Kier alpha value is -0.570.